The Hall–Kier alpha value is -0.940. The molecule has 1 aromatic rings. The number of nitrogens with one attached hydrogen (secondary N) is 2. The Kier molecular flexibility index (Phi) is 4.58. The first kappa shape index (κ1) is 14.5. The molecule has 6 heteroatoms. The number of carbonyl (C=O) groups excluding carboxylic acids is 1. The van der Waals surface area contributed by atoms with Crippen LogP contribution in [0.5, 0.6) is 0 Å². The zero-order valence-electron chi connectivity index (χ0n) is 11.1. The fourth-order valence-corrected chi connectivity index (χ4v) is 3.21. The molecule has 0 bridgehead atoms. The van der Waals surface area contributed by atoms with Crippen LogP contribution in [0.4, 0.5) is 5.82 Å². The Bertz CT molecular complexity index is 471. The van der Waals surface area contributed by atoms with Crippen molar-refractivity contribution in [2.75, 3.05) is 25.2 Å². The number of pyridine rings is 1. The SMILES string of the molecule is CNc1cc(C(=O)NCC2(SC)CCC2)c(Cl)cn1. The Labute approximate surface area is 122 Å². The van der Waals surface area contributed by atoms with Crippen LogP contribution in [0.1, 0.15) is 29.6 Å². The monoisotopic (exact) mass is 299 g/mol. The molecular weight excluding hydrogens is 282 g/mol. The normalized spacial score (nSPS) is 16.6. The molecule has 0 radical (unpaired) electrons. The van der Waals surface area contributed by atoms with Gasteiger partial charge in [0.15, 0.2) is 0 Å². The maximum atomic E-state index is 12.2. The van der Waals surface area contributed by atoms with Gasteiger partial charge in [0.25, 0.3) is 5.91 Å². The number of amides is 1. The van der Waals surface area contributed by atoms with Crippen molar-refractivity contribution in [1.29, 1.82) is 0 Å². The summed E-state index contributed by atoms with van der Waals surface area (Å²) >= 11 is 7.86. The first-order valence-electron chi connectivity index (χ1n) is 6.27. The van der Waals surface area contributed by atoms with Gasteiger partial charge in [0.05, 0.1) is 10.6 Å². The van der Waals surface area contributed by atoms with E-state index in [9.17, 15) is 4.79 Å². The van der Waals surface area contributed by atoms with Gasteiger partial charge in [0.1, 0.15) is 5.82 Å². The van der Waals surface area contributed by atoms with Gasteiger partial charge in [-0.3, -0.25) is 4.79 Å². The molecule has 0 aromatic carbocycles. The van der Waals surface area contributed by atoms with Crippen molar-refractivity contribution >= 4 is 35.1 Å². The second-order valence-corrected chi connectivity index (χ2v) is 6.40. The molecule has 19 heavy (non-hydrogen) atoms. The van der Waals surface area contributed by atoms with Crippen molar-refractivity contribution in [2.45, 2.75) is 24.0 Å². The van der Waals surface area contributed by atoms with Gasteiger partial charge < -0.3 is 10.6 Å². The average molecular weight is 300 g/mol. The van der Waals surface area contributed by atoms with E-state index in [1.165, 1.54) is 25.5 Å². The van der Waals surface area contributed by atoms with E-state index in [-0.39, 0.29) is 10.7 Å². The molecule has 1 fully saturated rings. The average Bonchev–Trinajstić information content (AvgIpc) is 2.38. The summed E-state index contributed by atoms with van der Waals surface area (Å²) in [6, 6.07) is 1.67. The summed E-state index contributed by atoms with van der Waals surface area (Å²) in [5.74, 6) is 0.502. The maximum Gasteiger partial charge on any atom is 0.253 e. The Morgan fingerprint density at radius 2 is 2.32 bits per heavy atom. The van der Waals surface area contributed by atoms with E-state index in [1.54, 1.807) is 13.1 Å². The lowest BCUT2D eigenvalue weighted by molar-refractivity contribution is 0.0944. The molecule has 4 nitrogen and oxygen atoms in total. The van der Waals surface area contributed by atoms with E-state index in [4.69, 9.17) is 11.6 Å². The van der Waals surface area contributed by atoms with Gasteiger partial charge in [0, 0.05) is 24.5 Å². The van der Waals surface area contributed by atoms with E-state index in [0.29, 0.717) is 22.9 Å². The molecule has 1 amide bonds. The van der Waals surface area contributed by atoms with Crippen molar-refractivity contribution in [2.24, 2.45) is 0 Å². The second kappa shape index (κ2) is 6.01. The van der Waals surface area contributed by atoms with Gasteiger partial charge in [-0.25, -0.2) is 4.98 Å². The van der Waals surface area contributed by atoms with Gasteiger partial charge in [-0.05, 0) is 25.2 Å². The highest BCUT2D eigenvalue weighted by atomic mass is 35.5. The second-order valence-electron chi connectivity index (χ2n) is 4.72. The number of rotatable bonds is 5. The van der Waals surface area contributed by atoms with Crippen LogP contribution in [-0.2, 0) is 0 Å². The number of anilines is 1. The van der Waals surface area contributed by atoms with Crippen LogP contribution in [0.25, 0.3) is 0 Å². The highest BCUT2D eigenvalue weighted by molar-refractivity contribution is 8.00. The maximum absolute atomic E-state index is 12.2. The largest absolute Gasteiger partial charge is 0.373 e. The lowest BCUT2D eigenvalue weighted by atomic mass is 9.84. The zero-order valence-corrected chi connectivity index (χ0v) is 12.7. The summed E-state index contributed by atoms with van der Waals surface area (Å²) in [5, 5.41) is 6.26. The Balaban J connectivity index is 2.03. The van der Waals surface area contributed by atoms with E-state index in [2.05, 4.69) is 21.9 Å². The molecule has 1 saturated carbocycles. The van der Waals surface area contributed by atoms with E-state index >= 15 is 0 Å². The lowest BCUT2D eigenvalue weighted by Crippen LogP contribution is -2.45. The van der Waals surface area contributed by atoms with Gasteiger partial charge >= 0.3 is 0 Å². The van der Waals surface area contributed by atoms with Crippen LogP contribution in [0.2, 0.25) is 5.02 Å². The highest BCUT2D eigenvalue weighted by Crippen LogP contribution is 2.42. The minimum absolute atomic E-state index is 0.135. The van der Waals surface area contributed by atoms with Gasteiger partial charge in [-0.15, -0.1) is 0 Å². The molecule has 2 N–H and O–H groups in total. The van der Waals surface area contributed by atoms with Crippen LogP contribution in [-0.4, -0.2) is 35.5 Å². The summed E-state index contributed by atoms with van der Waals surface area (Å²) in [6.07, 6.45) is 7.18. The summed E-state index contributed by atoms with van der Waals surface area (Å²) in [4.78, 5) is 16.2. The van der Waals surface area contributed by atoms with Crippen LogP contribution >= 0.6 is 23.4 Å². The van der Waals surface area contributed by atoms with E-state index < -0.39 is 0 Å². The molecule has 1 aliphatic rings. The molecule has 1 aliphatic carbocycles. The molecule has 0 atom stereocenters. The van der Waals surface area contributed by atoms with E-state index in [0.717, 1.165) is 0 Å². The number of aromatic nitrogens is 1. The number of hydrogen-bond donors (Lipinski definition) is 2. The fraction of sp³-hybridized carbons (Fsp3) is 0.538. The third kappa shape index (κ3) is 3.15. The van der Waals surface area contributed by atoms with E-state index in [1.807, 2.05) is 11.8 Å². The molecule has 104 valence electrons. The van der Waals surface area contributed by atoms with Gasteiger partial charge in [-0.2, -0.15) is 11.8 Å². The first-order chi connectivity index (χ1) is 9.10. The third-order valence-electron chi connectivity index (χ3n) is 3.63. The minimum atomic E-state index is -0.135. The molecule has 2 rings (SSSR count). The van der Waals surface area contributed by atoms with Crippen LogP contribution < -0.4 is 10.6 Å². The van der Waals surface area contributed by atoms with Crippen molar-refractivity contribution in [1.82, 2.24) is 10.3 Å². The Morgan fingerprint density at radius 1 is 1.58 bits per heavy atom. The topological polar surface area (TPSA) is 54.0 Å². The summed E-state index contributed by atoms with van der Waals surface area (Å²) in [5.41, 5.74) is 0.469. The smallest absolute Gasteiger partial charge is 0.253 e. The van der Waals surface area contributed by atoms with Crippen molar-refractivity contribution in [3.63, 3.8) is 0 Å². The number of carbonyl (C=O) groups is 1. The van der Waals surface area contributed by atoms with Crippen molar-refractivity contribution in [3.05, 3.63) is 22.8 Å². The molecule has 0 saturated heterocycles. The fourth-order valence-electron chi connectivity index (χ4n) is 2.11. The van der Waals surface area contributed by atoms with Crippen molar-refractivity contribution < 1.29 is 4.79 Å². The number of thioether (sulfide) groups is 1. The molecule has 1 heterocycles. The highest BCUT2D eigenvalue weighted by Gasteiger charge is 2.36. The zero-order chi connectivity index (χ0) is 13.9. The quantitative estimate of drug-likeness (QED) is 0.878. The molecule has 0 spiro atoms. The van der Waals surface area contributed by atoms with Gasteiger partial charge in [-0.1, -0.05) is 18.0 Å². The third-order valence-corrected chi connectivity index (χ3v) is 5.34. The van der Waals surface area contributed by atoms with Crippen LogP contribution in [0.3, 0.4) is 0 Å². The molecule has 0 unspecified atom stereocenters. The van der Waals surface area contributed by atoms with Crippen molar-refractivity contribution in [3.8, 4) is 0 Å². The number of halogens is 1. The standard InChI is InChI=1S/C13H18ClN3OS/c1-15-11-6-9(10(14)7-16-11)12(18)17-8-13(19-2)4-3-5-13/h6-7H,3-5,8H2,1-2H3,(H,15,16)(H,17,18). The van der Waals surface area contributed by atoms with Crippen LogP contribution in [0.15, 0.2) is 12.3 Å². The number of nitrogens with zero attached hydrogens (tertiary/aromatic N) is 1. The summed E-state index contributed by atoms with van der Waals surface area (Å²) < 4.78 is 0.223. The molecular formula is C13H18ClN3OS. The predicted octanol–water partition coefficient (Wildman–Crippen LogP) is 2.79. The minimum Gasteiger partial charge on any atom is -0.373 e. The number of hydrogen-bond acceptors (Lipinski definition) is 4. The predicted molar refractivity (Wildman–Crippen MR) is 81.2 cm³/mol. The van der Waals surface area contributed by atoms with Gasteiger partial charge in [0.2, 0.25) is 0 Å². The molecule has 1 aromatic heterocycles. The first-order valence-corrected chi connectivity index (χ1v) is 7.87. The van der Waals surface area contributed by atoms with Crippen LogP contribution in [0, 0.1) is 0 Å². The molecule has 0 aliphatic heterocycles. The summed E-state index contributed by atoms with van der Waals surface area (Å²) in [7, 11) is 1.76. The Morgan fingerprint density at radius 3 is 2.84 bits per heavy atom. The lowest BCUT2D eigenvalue weighted by Gasteiger charge is -2.40. The summed E-state index contributed by atoms with van der Waals surface area (Å²) in [6.45, 7) is 0.695.